The van der Waals surface area contributed by atoms with E-state index < -0.39 is 11.9 Å². The van der Waals surface area contributed by atoms with Crippen LogP contribution in [-0.2, 0) is 4.79 Å². The van der Waals surface area contributed by atoms with E-state index >= 15 is 0 Å². The summed E-state index contributed by atoms with van der Waals surface area (Å²) < 4.78 is 0. The molecule has 1 saturated carbocycles. The summed E-state index contributed by atoms with van der Waals surface area (Å²) in [5, 5.41) is 12.6. The average Bonchev–Trinajstić information content (AvgIpc) is 2.23. The quantitative estimate of drug-likeness (QED) is 0.820. The molecule has 3 nitrogen and oxygen atoms in total. The molecule has 1 aliphatic rings. The summed E-state index contributed by atoms with van der Waals surface area (Å²) in [5.74, 6) is -1.18. The van der Waals surface area contributed by atoms with Crippen LogP contribution in [0.5, 0.6) is 0 Å². The summed E-state index contributed by atoms with van der Waals surface area (Å²) in [5.41, 5.74) is 2.04. The molecular formula is C14H19NO2. The molecule has 0 heterocycles. The lowest BCUT2D eigenvalue weighted by molar-refractivity contribution is -0.138. The Bertz CT molecular complexity index is 382. The van der Waals surface area contributed by atoms with Gasteiger partial charge in [-0.15, -0.1) is 0 Å². The smallest absolute Gasteiger partial charge is 0.312 e. The largest absolute Gasteiger partial charge is 0.481 e. The van der Waals surface area contributed by atoms with Gasteiger partial charge in [0.15, 0.2) is 0 Å². The fraction of sp³-hybridized carbons (Fsp3) is 0.500. The zero-order chi connectivity index (χ0) is 12.3. The van der Waals surface area contributed by atoms with Gasteiger partial charge in [-0.1, -0.05) is 36.2 Å². The van der Waals surface area contributed by atoms with Gasteiger partial charge in [0.2, 0.25) is 0 Å². The summed E-state index contributed by atoms with van der Waals surface area (Å²) in [6, 6.07) is 8.29. The molecule has 2 N–H and O–H groups in total. The molecule has 0 bridgehead atoms. The second-order valence-electron chi connectivity index (χ2n) is 4.84. The van der Waals surface area contributed by atoms with Gasteiger partial charge in [0.05, 0.1) is 5.92 Å². The number of benzene rings is 1. The minimum atomic E-state index is -0.749. The maximum absolute atomic E-state index is 11.3. The molecule has 0 spiro atoms. The van der Waals surface area contributed by atoms with E-state index in [2.05, 4.69) is 5.32 Å². The molecule has 0 radical (unpaired) electrons. The molecule has 2 rings (SSSR count). The summed E-state index contributed by atoms with van der Waals surface area (Å²) in [7, 11) is 0. The summed E-state index contributed by atoms with van der Waals surface area (Å²) in [6.07, 6.45) is 3.63. The molecule has 0 aromatic heterocycles. The summed E-state index contributed by atoms with van der Waals surface area (Å²) >= 11 is 0. The first-order valence-electron chi connectivity index (χ1n) is 6.19. The topological polar surface area (TPSA) is 49.3 Å². The molecule has 1 atom stereocenters. The van der Waals surface area contributed by atoms with E-state index in [1.807, 2.05) is 31.2 Å². The zero-order valence-corrected chi connectivity index (χ0v) is 10.1. The minimum Gasteiger partial charge on any atom is -0.481 e. The Morgan fingerprint density at radius 1 is 1.41 bits per heavy atom. The van der Waals surface area contributed by atoms with Crippen molar-refractivity contribution in [3.05, 3.63) is 35.4 Å². The predicted octanol–water partition coefficient (Wildman–Crippen LogP) is 2.31. The maximum Gasteiger partial charge on any atom is 0.312 e. The Labute approximate surface area is 102 Å². The van der Waals surface area contributed by atoms with Gasteiger partial charge < -0.3 is 10.4 Å². The average molecular weight is 233 g/mol. The van der Waals surface area contributed by atoms with E-state index in [1.54, 1.807) is 0 Å². The summed E-state index contributed by atoms with van der Waals surface area (Å²) in [6.45, 7) is 2.54. The number of aliphatic carboxylic acids is 1. The van der Waals surface area contributed by atoms with E-state index in [0.717, 1.165) is 11.1 Å². The number of hydrogen-bond donors (Lipinski definition) is 2. The fourth-order valence-corrected chi connectivity index (χ4v) is 2.04. The van der Waals surface area contributed by atoms with Crippen LogP contribution in [0.1, 0.15) is 36.3 Å². The number of carboxylic acids is 1. The highest BCUT2D eigenvalue weighted by molar-refractivity contribution is 5.76. The Balaban J connectivity index is 2.00. The molecule has 1 unspecified atom stereocenters. The zero-order valence-electron chi connectivity index (χ0n) is 10.1. The first-order valence-corrected chi connectivity index (χ1v) is 6.19. The Morgan fingerprint density at radius 3 is 2.53 bits per heavy atom. The third kappa shape index (κ3) is 3.07. The lowest BCUT2D eigenvalue weighted by atomic mass is 9.91. The van der Waals surface area contributed by atoms with Crippen molar-refractivity contribution in [1.82, 2.24) is 5.32 Å². The van der Waals surface area contributed by atoms with Gasteiger partial charge >= 0.3 is 5.97 Å². The first-order chi connectivity index (χ1) is 8.16. The summed E-state index contributed by atoms with van der Waals surface area (Å²) in [4.78, 5) is 11.3. The Morgan fingerprint density at radius 2 is 2.06 bits per heavy atom. The highest BCUT2D eigenvalue weighted by Gasteiger charge is 2.23. The van der Waals surface area contributed by atoms with Gasteiger partial charge in [0.25, 0.3) is 0 Å². The van der Waals surface area contributed by atoms with Crippen LogP contribution < -0.4 is 5.32 Å². The fourth-order valence-electron chi connectivity index (χ4n) is 2.04. The van der Waals surface area contributed by atoms with Crippen LogP contribution >= 0.6 is 0 Å². The van der Waals surface area contributed by atoms with Crippen molar-refractivity contribution in [3.8, 4) is 0 Å². The first kappa shape index (κ1) is 12.1. The van der Waals surface area contributed by atoms with Crippen molar-refractivity contribution >= 4 is 5.97 Å². The van der Waals surface area contributed by atoms with Gasteiger partial charge in [-0.3, -0.25) is 4.79 Å². The SMILES string of the molecule is Cc1ccc(C(CNC2CCC2)C(=O)O)cc1. The van der Waals surface area contributed by atoms with E-state index in [1.165, 1.54) is 19.3 Å². The van der Waals surface area contributed by atoms with Crippen molar-refractivity contribution in [2.75, 3.05) is 6.54 Å². The lowest BCUT2D eigenvalue weighted by Gasteiger charge is -2.28. The van der Waals surface area contributed by atoms with E-state index in [4.69, 9.17) is 0 Å². The molecule has 1 aromatic rings. The number of nitrogens with one attached hydrogen (secondary N) is 1. The van der Waals surface area contributed by atoms with Gasteiger partial charge in [0, 0.05) is 12.6 Å². The van der Waals surface area contributed by atoms with Gasteiger partial charge in [-0.2, -0.15) is 0 Å². The van der Waals surface area contributed by atoms with Crippen LogP contribution in [0.3, 0.4) is 0 Å². The standard InChI is InChI=1S/C14H19NO2/c1-10-5-7-11(8-6-10)13(14(16)17)9-15-12-3-2-4-12/h5-8,12-13,15H,2-4,9H2,1H3,(H,16,17). The van der Waals surface area contributed by atoms with Crippen LogP contribution in [0, 0.1) is 6.92 Å². The molecule has 1 aromatic carbocycles. The van der Waals surface area contributed by atoms with Crippen LogP contribution in [0.15, 0.2) is 24.3 Å². The van der Waals surface area contributed by atoms with Gasteiger partial charge in [0.1, 0.15) is 0 Å². The molecule has 92 valence electrons. The molecule has 1 aliphatic carbocycles. The molecule has 0 amide bonds. The molecule has 3 heteroatoms. The Hall–Kier alpha value is -1.35. The number of carboxylic acid groups (broad SMARTS) is 1. The van der Waals surface area contributed by atoms with Crippen molar-refractivity contribution in [2.45, 2.75) is 38.1 Å². The third-order valence-electron chi connectivity index (χ3n) is 3.49. The normalized spacial score (nSPS) is 17.5. The van der Waals surface area contributed by atoms with E-state index in [-0.39, 0.29) is 0 Å². The van der Waals surface area contributed by atoms with Crippen LogP contribution in [-0.4, -0.2) is 23.7 Å². The number of carbonyl (C=O) groups is 1. The van der Waals surface area contributed by atoms with Crippen LogP contribution in [0.4, 0.5) is 0 Å². The molecule has 0 saturated heterocycles. The predicted molar refractivity (Wildman–Crippen MR) is 67.2 cm³/mol. The molecule has 17 heavy (non-hydrogen) atoms. The highest BCUT2D eigenvalue weighted by Crippen LogP contribution is 2.21. The van der Waals surface area contributed by atoms with Crippen LogP contribution in [0.2, 0.25) is 0 Å². The number of rotatable bonds is 5. The number of hydrogen-bond acceptors (Lipinski definition) is 2. The van der Waals surface area contributed by atoms with Gasteiger partial charge in [-0.05, 0) is 25.3 Å². The second kappa shape index (κ2) is 5.32. The van der Waals surface area contributed by atoms with Crippen molar-refractivity contribution < 1.29 is 9.90 Å². The van der Waals surface area contributed by atoms with Crippen molar-refractivity contribution in [3.63, 3.8) is 0 Å². The maximum atomic E-state index is 11.3. The van der Waals surface area contributed by atoms with E-state index in [0.29, 0.717) is 12.6 Å². The monoisotopic (exact) mass is 233 g/mol. The number of aryl methyl sites for hydroxylation is 1. The lowest BCUT2D eigenvalue weighted by Crippen LogP contribution is -2.39. The third-order valence-corrected chi connectivity index (χ3v) is 3.49. The molecule has 0 aliphatic heterocycles. The minimum absolute atomic E-state index is 0.434. The van der Waals surface area contributed by atoms with Crippen molar-refractivity contribution in [1.29, 1.82) is 0 Å². The molecular weight excluding hydrogens is 214 g/mol. The van der Waals surface area contributed by atoms with Crippen LogP contribution in [0.25, 0.3) is 0 Å². The van der Waals surface area contributed by atoms with E-state index in [9.17, 15) is 9.90 Å². The molecule has 1 fully saturated rings. The Kier molecular flexibility index (Phi) is 3.79. The highest BCUT2D eigenvalue weighted by atomic mass is 16.4. The van der Waals surface area contributed by atoms with Gasteiger partial charge in [-0.25, -0.2) is 0 Å². The van der Waals surface area contributed by atoms with Crippen molar-refractivity contribution in [2.24, 2.45) is 0 Å². The second-order valence-corrected chi connectivity index (χ2v) is 4.84.